The van der Waals surface area contributed by atoms with Gasteiger partial charge in [0.15, 0.2) is 15.5 Å². The molecule has 1 amide bonds. The predicted octanol–water partition coefficient (Wildman–Crippen LogP) is 3.01. The maximum absolute atomic E-state index is 13.5. The van der Waals surface area contributed by atoms with Crippen LogP contribution in [0.1, 0.15) is 41.4 Å². The molecule has 4 heterocycles. The Labute approximate surface area is 187 Å². The van der Waals surface area contributed by atoms with Gasteiger partial charge in [-0.15, -0.1) is 0 Å². The number of rotatable bonds is 4. The van der Waals surface area contributed by atoms with Crippen molar-refractivity contribution in [2.24, 2.45) is 0 Å². The van der Waals surface area contributed by atoms with Gasteiger partial charge in [-0.1, -0.05) is 0 Å². The highest BCUT2D eigenvalue weighted by atomic mass is 32.2. The average Bonchev–Trinajstić information content (AvgIpc) is 3.52. The third-order valence-corrected chi connectivity index (χ3v) is 8.15. The number of aromatic nitrogens is 3. The van der Waals surface area contributed by atoms with Crippen molar-refractivity contribution in [3.8, 4) is 17.0 Å². The van der Waals surface area contributed by atoms with Crippen LogP contribution in [0.2, 0.25) is 0 Å². The van der Waals surface area contributed by atoms with Crippen LogP contribution in [0.3, 0.4) is 0 Å². The lowest BCUT2D eigenvalue weighted by atomic mass is 10.0. The SMILES string of the molecule is COc1ccc(-c2cc(C(=O)N3CCCC3)c3c(C)nn(C4CCS(=O)(=O)C4)c3n2)cc1. The fourth-order valence-corrected chi connectivity index (χ4v) is 6.40. The molecular formula is C23H26N4O4S. The van der Waals surface area contributed by atoms with Crippen LogP contribution in [0.5, 0.6) is 5.75 Å². The highest BCUT2D eigenvalue weighted by molar-refractivity contribution is 7.91. The molecule has 0 spiro atoms. The molecule has 0 N–H and O–H groups in total. The van der Waals surface area contributed by atoms with Crippen LogP contribution in [-0.2, 0) is 9.84 Å². The number of benzene rings is 1. The van der Waals surface area contributed by atoms with Crippen LogP contribution in [0.25, 0.3) is 22.3 Å². The number of aryl methyl sites for hydroxylation is 1. The van der Waals surface area contributed by atoms with E-state index in [0.29, 0.717) is 34.4 Å². The third kappa shape index (κ3) is 3.64. The quantitative estimate of drug-likeness (QED) is 0.602. The number of ether oxygens (including phenoxy) is 1. The lowest BCUT2D eigenvalue weighted by Crippen LogP contribution is -2.28. The Kier molecular flexibility index (Phi) is 5.16. The van der Waals surface area contributed by atoms with Crippen molar-refractivity contribution in [3.05, 3.63) is 41.6 Å². The molecule has 0 aliphatic carbocycles. The molecule has 2 aromatic heterocycles. The minimum Gasteiger partial charge on any atom is -0.497 e. The van der Waals surface area contributed by atoms with Crippen molar-refractivity contribution >= 4 is 26.8 Å². The Morgan fingerprint density at radius 1 is 1.16 bits per heavy atom. The maximum atomic E-state index is 13.5. The molecule has 2 fully saturated rings. The van der Waals surface area contributed by atoms with Gasteiger partial charge in [0, 0.05) is 18.7 Å². The Morgan fingerprint density at radius 2 is 1.88 bits per heavy atom. The van der Waals surface area contributed by atoms with E-state index in [0.717, 1.165) is 37.2 Å². The summed E-state index contributed by atoms with van der Waals surface area (Å²) in [4.78, 5) is 20.2. The molecule has 1 unspecified atom stereocenters. The van der Waals surface area contributed by atoms with Crippen molar-refractivity contribution in [3.63, 3.8) is 0 Å². The lowest BCUT2D eigenvalue weighted by Gasteiger charge is -2.17. The highest BCUT2D eigenvalue weighted by Crippen LogP contribution is 2.33. The first kappa shape index (κ1) is 20.9. The maximum Gasteiger partial charge on any atom is 0.254 e. The number of likely N-dealkylation sites (tertiary alicyclic amines) is 1. The third-order valence-electron chi connectivity index (χ3n) is 6.40. The number of amides is 1. The first-order valence-corrected chi connectivity index (χ1v) is 12.7. The zero-order chi connectivity index (χ0) is 22.5. The zero-order valence-electron chi connectivity index (χ0n) is 18.2. The van der Waals surface area contributed by atoms with Crippen molar-refractivity contribution in [2.75, 3.05) is 31.7 Å². The van der Waals surface area contributed by atoms with E-state index in [9.17, 15) is 13.2 Å². The fraction of sp³-hybridized carbons (Fsp3) is 0.435. The predicted molar refractivity (Wildman–Crippen MR) is 122 cm³/mol. The highest BCUT2D eigenvalue weighted by Gasteiger charge is 2.33. The van der Waals surface area contributed by atoms with E-state index in [-0.39, 0.29) is 23.5 Å². The number of pyridine rings is 1. The normalized spacial score (nSPS) is 20.2. The van der Waals surface area contributed by atoms with Gasteiger partial charge in [-0.05, 0) is 56.5 Å². The van der Waals surface area contributed by atoms with Gasteiger partial charge < -0.3 is 9.64 Å². The Hall–Kier alpha value is -2.94. The number of methoxy groups -OCH3 is 1. The molecule has 2 saturated heterocycles. The molecule has 168 valence electrons. The first-order valence-electron chi connectivity index (χ1n) is 10.9. The summed E-state index contributed by atoms with van der Waals surface area (Å²) in [6.45, 7) is 3.35. The molecule has 32 heavy (non-hydrogen) atoms. The second-order valence-electron chi connectivity index (χ2n) is 8.57. The molecule has 1 aromatic carbocycles. The number of carbonyl (C=O) groups is 1. The minimum atomic E-state index is -3.09. The number of carbonyl (C=O) groups excluding carboxylic acids is 1. The molecule has 2 aliphatic rings. The molecule has 8 nitrogen and oxygen atoms in total. The Balaban J connectivity index is 1.70. The summed E-state index contributed by atoms with van der Waals surface area (Å²) in [6, 6.07) is 9.10. The second-order valence-corrected chi connectivity index (χ2v) is 10.8. The summed E-state index contributed by atoms with van der Waals surface area (Å²) in [5.41, 5.74) is 3.35. The van der Waals surface area contributed by atoms with Gasteiger partial charge in [-0.3, -0.25) is 4.79 Å². The number of sulfone groups is 1. The van der Waals surface area contributed by atoms with E-state index in [1.807, 2.05) is 42.2 Å². The minimum absolute atomic E-state index is 0.0219. The van der Waals surface area contributed by atoms with Crippen molar-refractivity contribution in [2.45, 2.75) is 32.2 Å². The van der Waals surface area contributed by atoms with Crippen LogP contribution in [0.4, 0.5) is 0 Å². The molecule has 0 bridgehead atoms. The van der Waals surface area contributed by atoms with E-state index in [2.05, 4.69) is 5.10 Å². The molecule has 2 aliphatic heterocycles. The van der Waals surface area contributed by atoms with Crippen LogP contribution < -0.4 is 4.74 Å². The molecular weight excluding hydrogens is 428 g/mol. The van der Waals surface area contributed by atoms with Gasteiger partial charge in [-0.2, -0.15) is 5.10 Å². The standard InChI is InChI=1S/C23H26N4O4S/c1-15-21-19(23(28)26-10-3-4-11-26)13-20(16-5-7-18(31-2)8-6-16)24-22(21)27(25-15)17-9-12-32(29,30)14-17/h5-8,13,17H,3-4,9-12,14H2,1-2H3. The van der Waals surface area contributed by atoms with Gasteiger partial charge >= 0.3 is 0 Å². The summed E-state index contributed by atoms with van der Waals surface area (Å²) >= 11 is 0. The number of hydrogen-bond donors (Lipinski definition) is 0. The average molecular weight is 455 g/mol. The van der Waals surface area contributed by atoms with Gasteiger partial charge in [0.25, 0.3) is 5.91 Å². The van der Waals surface area contributed by atoms with Gasteiger partial charge in [0.2, 0.25) is 0 Å². The molecule has 5 rings (SSSR count). The number of nitrogens with zero attached hydrogens (tertiary/aromatic N) is 4. The van der Waals surface area contributed by atoms with E-state index in [4.69, 9.17) is 9.72 Å². The largest absolute Gasteiger partial charge is 0.497 e. The molecule has 0 saturated carbocycles. The Bertz CT molecular complexity index is 1290. The topological polar surface area (TPSA) is 94.4 Å². The summed E-state index contributed by atoms with van der Waals surface area (Å²) in [6.07, 6.45) is 2.51. The molecule has 3 aromatic rings. The lowest BCUT2D eigenvalue weighted by molar-refractivity contribution is 0.0794. The molecule has 9 heteroatoms. The van der Waals surface area contributed by atoms with E-state index >= 15 is 0 Å². The van der Waals surface area contributed by atoms with Crippen LogP contribution in [-0.4, -0.2) is 65.7 Å². The van der Waals surface area contributed by atoms with Gasteiger partial charge in [0.05, 0.1) is 47.0 Å². The van der Waals surface area contributed by atoms with Gasteiger partial charge in [-0.25, -0.2) is 18.1 Å². The van der Waals surface area contributed by atoms with Crippen LogP contribution in [0, 0.1) is 6.92 Å². The summed E-state index contributed by atoms with van der Waals surface area (Å²) < 4.78 is 31.2. The van der Waals surface area contributed by atoms with Gasteiger partial charge in [0.1, 0.15) is 5.75 Å². The number of hydrogen-bond acceptors (Lipinski definition) is 6. The van der Waals surface area contributed by atoms with Crippen LogP contribution >= 0.6 is 0 Å². The van der Waals surface area contributed by atoms with E-state index < -0.39 is 9.84 Å². The molecule has 0 radical (unpaired) electrons. The number of fused-ring (bicyclic) bond motifs is 1. The summed E-state index contributed by atoms with van der Waals surface area (Å²) in [7, 11) is -1.48. The second kappa shape index (κ2) is 7.88. The molecule has 1 atom stereocenters. The van der Waals surface area contributed by atoms with Crippen molar-refractivity contribution < 1.29 is 17.9 Å². The van der Waals surface area contributed by atoms with Crippen LogP contribution in [0.15, 0.2) is 30.3 Å². The monoisotopic (exact) mass is 454 g/mol. The van der Waals surface area contributed by atoms with Crippen molar-refractivity contribution in [1.29, 1.82) is 0 Å². The first-order chi connectivity index (χ1) is 15.4. The smallest absolute Gasteiger partial charge is 0.254 e. The summed E-state index contributed by atoms with van der Waals surface area (Å²) in [5.74, 6) is 0.912. The van der Waals surface area contributed by atoms with E-state index in [1.54, 1.807) is 11.8 Å². The summed E-state index contributed by atoms with van der Waals surface area (Å²) in [5, 5.41) is 5.38. The zero-order valence-corrected chi connectivity index (χ0v) is 19.1. The van der Waals surface area contributed by atoms with Crippen molar-refractivity contribution in [1.82, 2.24) is 19.7 Å². The van der Waals surface area contributed by atoms with E-state index in [1.165, 1.54) is 0 Å². The Morgan fingerprint density at radius 3 is 2.50 bits per heavy atom. The fourth-order valence-electron chi connectivity index (χ4n) is 4.70.